The van der Waals surface area contributed by atoms with Crippen LogP contribution in [0, 0.1) is 0 Å². The van der Waals surface area contributed by atoms with E-state index in [-0.39, 0.29) is 19.4 Å². The number of carbonyl (C=O) groups excluding carboxylic acids is 2. The molecular weight excluding hydrogens is 668 g/mol. The van der Waals surface area contributed by atoms with Crippen LogP contribution in [0.15, 0.2) is 0 Å². The smallest absolute Gasteiger partial charge is 0.306 e. The van der Waals surface area contributed by atoms with Gasteiger partial charge >= 0.3 is 11.9 Å². The van der Waals surface area contributed by atoms with Crippen molar-refractivity contribution in [1.82, 2.24) is 0 Å². The Morgan fingerprint density at radius 2 is 1.02 bits per heavy atom. The normalized spacial score (nSPS) is 21.6. The van der Waals surface area contributed by atoms with Gasteiger partial charge in [-0.15, -0.1) is 0 Å². The van der Waals surface area contributed by atoms with Crippen LogP contribution < -0.4 is 0 Å². The fourth-order valence-corrected chi connectivity index (χ4v) is 6.78. The lowest BCUT2D eigenvalue weighted by Crippen LogP contribution is -2.60. The molecule has 6 atom stereocenters. The molecule has 0 amide bonds. The Hall–Kier alpha value is -1.35. The van der Waals surface area contributed by atoms with Gasteiger partial charge in [0.05, 0.1) is 6.61 Å². The molecule has 12 nitrogen and oxygen atoms in total. The summed E-state index contributed by atoms with van der Waals surface area (Å²) in [6.45, 7) is 3.69. The molecule has 1 heterocycles. The predicted molar refractivity (Wildman–Crippen MR) is 192 cm³/mol. The zero-order chi connectivity index (χ0) is 37.0. The number of unbranched alkanes of at least 4 members (excludes halogenated alkanes) is 20. The second kappa shape index (κ2) is 29.1. The minimum atomic E-state index is -4.59. The monoisotopic (exact) mass is 738 g/mol. The lowest BCUT2D eigenvalue weighted by atomic mass is 10.00. The highest BCUT2D eigenvalue weighted by atomic mass is 32.2. The number of rotatable bonds is 32. The maximum absolute atomic E-state index is 12.6. The molecule has 0 aromatic carbocycles. The third kappa shape index (κ3) is 24.0. The lowest BCUT2D eigenvalue weighted by molar-refractivity contribution is -0.297. The van der Waals surface area contributed by atoms with Gasteiger partial charge in [0, 0.05) is 12.8 Å². The van der Waals surface area contributed by atoms with Crippen LogP contribution in [0.25, 0.3) is 0 Å². The highest BCUT2D eigenvalue weighted by Gasteiger charge is 2.46. The number of ether oxygens (including phenoxy) is 4. The van der Waals surface area contributed by atoms with Crippen molar-refractivity contribution in [3.63, 3.8) is 0 Å². The van der Waals surface area contributed by atoms with Crippen molar-refractivity contribution in [3.05, 3.63) is 0 Å². The highest BCUT2D eigenvalue weighted by molar-refractivity contribution is 7.85. The van der Waals surface area contributed by atoms with Crippen molar-refractivity contribution < 1.29 is 56.8 Å². The van der Waals surface area contributed by atoms with E-state index in [2.05, 4.69) is 13.8 Å². The fraction of sp³-hybridized carbons (Fsp3) is 0.946. The first-order chi connectivity index (χ1) is 24.0. The second-order valence-corrected chi connectivity index (χ2v) is 15.5. The highest BCUT2D eigenvalue weighted by Crippen LogP contribution is 2.24. The van der Waals surface area contributed by atoms with E-state index < -0.39 is 71.2 Å². The molecule has 13 heteroatoms. The average molecular weight is 739 g/mol. The molecule has 1 fully saturated rings. The van der Waals surface area contributed by atoms with Crippen LogP contribution in [0.4, 0.5) is 0 Å². The van der Waals surface area contributed by atoms with Crippen molar-refractivity contribution in [2.75, 3.05) is 19.0 Å². The van der Waals surface area contributed by atoms with Gasteiger partial charge in [0.2, 0.25) is 0 Å². The number of aliphatic hydroxyl groups is 3. The van der Waals surface area contributed by atoms with Crippen molar-refractivity contribution in [3.8, 4) is 0 Å². The summed E-state index contributed by atoms with van der Waals surface area (Å²) in [5.74, 6) is -1.98. The molecule has 0 aromatic heterocycles. The largest absolute Gasteiger partial charge is 0.462 e. The first kappa shape index (κ1) is 46.7. The van der Waals surface area contributed by atoms with Crippen LogP contribution in [0.5, 0.6) is 0 Å². The first-order valence-corrected chi connectivity index (χ1v) is 21.2. The van der Waals surface area contributed by atoms with Crippen molar-refractivity contribution in [1.29, 1.82) is 0 Å². The molecule has 0 aliphatic carbocycles. The number of hydrogen-bond acceptors (Lipinski definition) is 11. The average Bonchev–Trinajstić information content (AvgIpc) is 3.07. The number of esters is 2. The van der Waals surface area contributed by atoms with Crippen LogP contribution in [0.3, 0.4) is 0 Å². The topological polar surface area (TPSA) is 186 Å². The molecular formula is C37H70O12S. The fourth-order valence-electron chi connectivity index (χ4n) is 6.09. The molecule has 296 valence electrons. The predicted octanol–water partition coefficient (Wildman–Crippen LogP) is 6.56. The molecule has 0 saturated carbocycles. The lowest BCUT2D eigenvalue weighted by Gasteiger charge is -2.40. The number of hydrogen-bond donors (Lipinski definition) is 4. The maximum atomic E-state index is 12.6. The minimum absolute atomic E-state index is 0.168. The Kier molecular flexibility index (Phi) is 27.2. The molecule has 1 aliphatic heterocycles. The second-order valence-electron chi connectivity index (χ2n) is 14.0. The summed E-state index contributed by atoms with van der Waals surface area (Å²) < 4.78 is 53.7. The van der Waals surface area contributed by atoms with Crippen molar-refractivity contribution in [2.45, 2.75) is 205 Å². The quantitative estimate of drug-likeness (QED) is 0.0332. The molecule has 50 heavy (non-hydrogen) atoms. The maximum Gasteiger partial charge on any atom is 0.306 e. The van der Waals surface area contributed by atoms with E-state index in [4.69, 9.17) is 18.9 Å². The Morgan fingerprint density at radius 1 is 0.600 bits per heavy atom. The van der Waals surface area contributed by atoms with Gasteiger partial charge in [0.1, 0.15) is 36.8 Å². The molecule has 0 aromatic rings. The Morgan fingerprint density at radius 3 is 1.46 bits per heavy atom. The third-order valence-corrected chi connectivity index (χ3v) is 9.94. The van der Waals surface area contributed by atoms with E-state index in [0.717, 1.165) is 51.4 Å². The van der Waals surface area contributed by atoms with Crippen molar-refractivity contribution >= 4 is 22.1 Å². The molecule has 0 radical (unpaired) electrons. The van der Waals surface area contributed by atoms with Gasteiger partial charge in [-0.05, 0) is 12.8 Å². The standard InChI is InChI=1S/C37H70O12S/c1-3-5-7-9-11-12-13-14-15-16-17-18-20-21-23-25-32(38)46-27-30(48-33(39)26-24-22-19-10-8-6-4-2)28-47-37-36(42)35(41)34(40)31(49-37)29-50(43,44)45/h30-31,34-37,40-42H,3-29H2,1-2H3,(H,43,44,45)/t30-,31-,34-,35?,36?,37+/m1/s1. The summed E-state index contributed by atoms with van der Waals surface area (Å²) in [6.07, 6.45) is 16.2. The SMILES string of the molecule is CCCCCCCCCCCCCCCCCC(=O)OC[C@H](CO[C@H]1O[C@H](CS(=O)(=O)O)[C@@H](O)C(O)C1O)OC(=O)CCCCCCCCC. The zero-order valence-electron chi connectivity index (χ0n) is 31.0. The van der Waals surface area contributed by atoms with Gasteiger partial charge in [0.25, 0.3) is 10.1 Å². The molecule has 1 rings (SSSR count). The summed E-state index contributed by atoms with van der Waals surface area (Å²) >= 11 is 0. The number of aliphatic hydroxyl groups excluding tert-OH is 3. The van der Waals surface area contributed by atoms with Crippen LogP contribution in [0.1, 0.15) is 168 Å². The van der Waals surface area contributed by atoms with Gasteiger partial charge in [-0.1, -0.05) is 142 Å². The van der Waals surface area contributed by atoms with Gasteiger partial charge in [-0.25, -0.2) is 0 Å². The Labute approximate surface area is 302 Å². The Bertz CT molecular complexity index is 962. The summed E-state index contributed by atoms with van der Waals surface area (Å²) in [4.78, 5) is 25.1. The van der Waals surface area contributed by atoms with E-state index in [1.165, 1.54) is 77.0 Å². The summed E-state index contributed by atoms with van der Waals surface area (Å²) in [6, 6.07) is 0. The van der Waals surface area contributed by atoms with E-state index in [9.17, 15) is 37.9 Å². The van der Waals surface area contributed by atoms with E-state index in [0.29, 0.717) is 12.8 Å². The summed E-state index contributed by atoms with van der Waals surface area (Å²) in [5.41, 5.74) is 0. The van der Waals surface area contributed by atoms with Gasteiger partial charge < -0.3 is 34.3 Å². The van der Waals surface area contributed by atoms with Gasteiger partial charge in [-0.2, -0.15) is 8.42 Å². The van der Waals surface area contributed by atoms with Crippen LogP contribution in [-0.4, -0.2) is 96.0 Å². The van der Waals surface area contributed by atoms with Crippen LogP contribution >= 0.6 is 0 Å². The Balaban J connectivity index is 2.45. The summed E-state index contributed by atoms with van der Waals surface area (Å²) in [5, 5.41) is 30.7. The van der Waals surface area contributed by atoms with E-state index >= 15 is 0 Å². The molecule has 1 saturated heterocycles. The van der Waals surface area contributed by atoms with Crippen LogP contribution in [-0.2, 0) is 38.7 Å². The minimum Gasteiger partial charge on any atom is -0.462 e. The van der Waals surface area contributed by atoms with Gasteiger partial charge in [-0.3, -0.25) is 14.1 Å². The first-order valence-electron chi connectivity index (χ1n) is 19.6. The van der Waals surface area contributed by atoms with E-state index in [1.54, 1.807) is 0 Å². The molecule has 0 spiro atoms. The summed E-state index contributed by atoms with van der Waals surface area (Å²) in [7, 11) is -4.59. The number of carbonyl (C=O) groups is 2. The molecule has 0 bridgehead atoms. The van der Waals surface area contributed by atoms with Crippen molar-refractivity contribution in [2.24, 2.45) is 0 Å². The molecule has 1 aliphatic rings. The zero-order valence-corrected chi connectivity index (χ0v) is 31.8. The molecule has 2 unspecified atom stereocenters. The van der Waals surface area contributed by atoms with Gasteiger partial charge in [0.15, 0.2) is 12.4 Å². The molecule has 4 N–H and O–H groups in total. The van der Waals surface area contributed by atoms with Crippen LogP contribution in [0.2, 0.25) is 0 Å². The van der Waals surface area contributed by atoms with E-state index in [1.807, 2.05) is 0 Å². The third-order valence-electron chi connectivity index (χ3n) is 9.19.